The number of aromatic amines is 1. The van der Waals surface area contributed by atoms with Crippen LogP contribution in [0.2, 0.25) is 0 Å². The van der Waals surface area contributed by atoms with Crippen LogP contribution in [-0.2, 0) is 12.6 Å². The van der Waals surface area contributed by atoms with E-state index in [1.165, 1.54) is 18.2 Å². The molecule has 0 atom stereocenters. The topological polar surface area (TPSA) is 88.6 Å². The second-order valence-electron chi connectivity index (χ2n) is 6.39. The zero-order valence-corrected chi connectivity index (χ0v) is 15.0. The van der Waals surface area contributed by atoms with E-state index >= 15 is 0 Å². The number of halogens is 3. The number of H-pyrrole nitrogens is 1. The van der Waals surface area contributed by atoms with Crippen molar-refractivity contribution in [1.29, 1.82) is 0 Å². The Balaban J connectivity index is 1.85. The first kappa shape index (κ1) is 18.2. The molecule has 1 aliphatic heterocycles. The van der Waals surface area contributed by atoms with E-state index in [2.05, 4.69) is 30.5 Å². The molecule has 2 N–H and O–H groups in total. The molecule has 146 valence electrons. The summed E-state index contributed by atoms with van der Waals surface area (Å²) in [4.78, 5) is 12.9. The third-order valence-electron chi connectivity index (χ3n) is 4.29. The summed E-state index contributed by atoms with van der Waals surface area (Å²) in [5.74, 6) is 1.49. The number of nitrogens with zero attached hydrogens (tertiary/aromatic N) is 4. The molecule has 4 rings (SSSR count). The molecule has 7 nitrogen and oxygen atoms in total. The van der Waals surface area contributed by atoms with Crippen LogP contribution >= 0.6 is 0 Å². The number of aryl methyl sites for hydroxylation is 2. The first-order chi connectivity index (χ1) is 13.4. The molecule has 1 aromatic carbocycles. The van der Waals surface area contributed by atoms with Crippen molar-refractivity contribution in [2.75, 3.05) is 11.9 Å². The van der Waals surface area contributed by atoms with E-state index in [9.17, 15) is 13.2 Å². The largest absolute Gasteiger partial charge is 0.488 e. The van der Waals surface area contributed by atoms with Crippen LogP contribution in [0, 0.1) is 6.92 Å². The van der Waals surface area contributed by atoms with E-state index in [4.69, 9.17) is 4.74 Å². The number of benzene rings is 1. The third-order valence-corrected chi connectivity index (χ3v) is 4.29. The number of hydrogen-bond acceptors (Lipinski definition) is 6. The molecule has 0 saturated carbocycles. The van der Waals surface area contributed by atoms with Gasteiger partial charge in [0.25, 0.3) is 0 Å². The Labute approximate surface area is 158 Å². The summed E-state index contributed by atoms with van der Waals surface area (Å²) in [6, 6.07) is 5.26. The summed E-state index contributed by atoms with van der Waals surface area (Å²) < 4.78 is 46.2. The lowest BCUT2D eigenvalue weighted by Crippen LogP contribution is -2.10. The van der Waals surface area contributed by atoms with Gasteiger partial charge in [-0.3, -0.25) is 5.10 Å². The molecule has 2 aromatic heterocycles. The molecular weight excluding hydrogens is 373 g/mol. The lowest BCUT2D eigenvalue weighted by molar-refractivity contribution is -0.137. The van der Waals surface area contributed by atoms with Crippen LogP contribution < -0.4 is 10.1 Å². The summed E-state index contributed by atoms with van der Waals surface area (Å²) in [6.07, 6.45) is -2.29. The Bertz CT molecular complexity index is 1000. The number of aromatic nitrogens is 5. The van der Waals surface area contributed by atoms with Gasteiger partial charge in [0.2, 0.25) is 5.95 Å². The maximum atomic E-state index is 13.5. The number of hydrogen-bond donors (Lipinski definition) is 2. The minimum Gasteiger partial charge on any atom is -0.488 e. The Kier molecular flexibility index (Phi) is 4.62. The number of alkyl halides is 3. The van der Waals surface area contributed by atoms with Crippen LogP contribution in [0.15, 0.2) is 24.3 Å². The molecule has 28 heavy (non-hydrogen) atoms. The summed E-state index contributed by atoms with van der Waals surface area (Å²) in [6.45, 7) is 2.22. The minimum absolute atomic E-state index is 0.0214. The molecule has 1 aliphatic rings. The molecule has 0 saturated heterocycles. The lowest BCUT2D eigenvalue weighted by Gasteiger charge is -2.16. The number of ether oxygens (including phenoxy) is 1. The van der Waals surface area contributed by atoms with Crippen molar-refractivity contribution in [2.45, 2.75) is 32.4 Å². The maximum Gasteiger partial charge on any atom is 0.417 e. The molecule has 0 unspecified atom stereocenters. The second kappa shape index (κ2) is 7.10. The van der Waals surface area contributed by atoms with Gasteiger partial charge in [0, 0.05) is 5.56 Å². The number of nitrogens with one attached hydrogen (secondary N) is 2. The van der Waals surface area contributed by atoms with E-state index in [-0.39, 0.29) is 23.2 Å². The summed E-state index contributed by atoms with van der Waals surface area (Å²) in [5.41, 5.74) is -0.310. The predicted molar refractivity (Wildman–Crippen MR) is 95.3 cm³/mol. The Morgan fingerprint density at radius 3 is 2.68 bits per heavy atom. The highest BCUT2D eigenvalue weighted by atomic mass is 19.4. The summed E-state index contributed by atoms with van der Waals surface area (Å²) in [7, 11) is 0. The van der Waals surface area contributed by atoms with Gasteiger partial charge in [0.05, 0.1) is 17.9 Å². The van der Waals surface area contributed by atoms with E-state index in [0.29, 0.717) is 30.3 Å². The highest BCUT2D eigenvalue weighted by molar-refractivity contribution is 5.67. The molecule has 10 heteroatoms. The van der Waals surface area contributed by atoms with Gasteiger partial charge in [-0.1, -0.05) is 18.2 Å². The highest BCUT2D eigenvalue weighted by Gasteiger charge is 2.34. The molecule has 0 amide bonds. The second-order valence-corrected chi connectivity index (χ2v) is 6.39. The Morgan fingerprint density at radius 2 is 1.93 bits per heavy atom. The quantitative estimate of drug-likeness (QED) is 0.702. The van der Waals surface area contributed by atoms with Crippen molar-refractivity contribution >= 4 is 11.8 Å². The van der Waals surface area contributed by atoms with E-state index in [1.807, 2.05) is 0 Å². The minimum atomic E-state index is -4.52. The monoisotopic (exact) mass is 390 g/mol. The van der Waals surface area contributed by atoms with Gasteiger partial charge in [-0.05, 0) is 32.3 Å². The van der Waals surface area contributed by atoms with Gasteiger partial charge in [-0.15, -0.1) is 5.10 Å². The Hall–Kier alpha value is -3.17. The molecule has 3 aromatic rings. The molecule has 0 bridgehead atoms. The van der Waals surface area contributed by atoms with Gasteiger partial charge in [0.1, 0.15) is 5.82 Å². The Morgan fingerprint density at radius 1 is 1.11 bits per heavy atom. The normalized spacial score (nSPS) is 14.1. The van der Waals surface area contributed by atoms with Crippen LogP contribution in [0.3, 0.4) is 0 Å². The molecule has 0 radical (unpaired) electrons. The average molecular weight is 390 g/mol. The average Bonchev–Trinajstić information content (AvgIpc) is 2.92. The van der Waals surface area contributed by atoms with E-state index in [0.717, 1.165) is 18.9 Å². The standard InChI is InChI=1S/C18H17F3N6O/c1-10-22-17(27-26-10)25-16-14-13(8-4-5-9-28-14)23-15(24-16)11-6-2-3-7-12(11)18(19,20)21/h2-3,6-7H,4-5,8-9H2,1H3,(H2,22,23,24,25,26,27). The molecule has 0 aliphatic carbocycles. The molecular formula is C18H17F3N6O. The van der Waals surface area contributed by atoms with Crippen molar-refractivity contribution in [3.63, 3.8) is 0 Å². The first-order valence-electron chi connectivity index (χ1n) is 8.78. The van der Waals surface area contributed by atoms with Crippen molar-refractivity contribution < 1.29 is 17.9 Å². The summed E-state index contributed by atoms with van der Waals surface area (Å²) >= 11 is 0. The van der Waals surface area contributed by atoms with E-state index in [1.54, 1.807) is 6.92 Å². The molecule has 0 spiro atoms. The molecule has 0 fully saturated rings. The first-order valence-corrected chi connectivity index (χ1v) is 8.78. The number of anilines is 2. The van der Waals surface area contributed by atoms with E-state index < -0.39 is 11.7 Å². The van der Waals surface area contributed by atoms with Crippen LogP contribution in [0.25, 0.3) is 11.4 Å². The fourth-order valence-corrected chi connectivity index (χ4v) is 3.02. The third kappa shape index (κ3) is 3.62. The SMILES string of the molecule is Cc1nc(Nc2nc(-c3ccccc3C(F)(F)F)nc3c2OCCCC3)n[nH]1. The van der Waals surface area contributed by atoms with Gasteiger partial charge in [-0.25, -0.2) is 9.97 Å². The van der Waals surface area contributed by atoms with Gasteiger partial charge >= 0.3 is 6.18 Å². The lowest BCUT2D eigenvalue weighted by atomic mass is 10.1. The van der Waals surface area contributed by atoms with Crippen LogP contribution in [-0.4, -0.2) is 31.8 Å². The van der Waals surface area contributed by atoms with Gasteiger partial charge in [-0.2, -0.15) is 18.2 Å². The number of fused-ring (bicyclic) bond motifs is 1. The van der Waals surface area contributed by atoms with Crippen molar-refractivity contribution in [2.24, 2.45) is 0 Å². The highest BCUT2D eigenvalue weighted by Crippen LogP contribution is 2.38. The smallest absolute Gasteiger partial charge is 0.417 e. The number of rotatable bonds is 3. The van der Waals surface area contributed by atoms with Crippen LogP contribution in [0.4, 0.5) is 24.9 Å². The van der Waals surface area contributed by atoms with Crippen molar-refractivity contribution in [3.8, 4) is 17.1 Å². The summed E-state index contributed by atoms with van der Waals surface area (Å²) in [5, 5.41) is 9.64. The van der Waals surface area contributed by atoms with Crippen LogP contribution in [0.1, 0.15) is 29.9 Å². The van der Waals surface area contributed by atoms with Crippen molar-refractivity contribution in [1.82, 2.24) is 25.1 Å². The van der Waals surface area contributed by atoms with Gasteiger partial charge in [0.15, 0.2) is 17.4 Å². The fourth-order valence-electron chi connectivity index (χ4n) is 3.02. The zero-order valence-electron chi connectivity index (χ0n) is 15.0. The van der Waals surface area contributed by atoms with Crippen molar-refractivity contribution in [3.05, 3.63) is 41.3 Å². The van der Waals surface area contributed by atoms with Gasteiger partial charge < -0.3 is 10.1 Å². The zero-order chi connectivity index (χ0) is 19.7. The molecule has 3 heterocycles. The maximum absolute atomic E-state index is 13.5. The fraction of sp³-hybridized carbons (Fsp3) is 0.333. The van der Waals surface area contributed by atoms with Crippen LogP contribution in [0.5, 0.6) is 5.75 Å². The predicted octanol–water partition coefficient (Wildman–Crippen LogP) is 4.05.